The summed E-state index contributed by atoms with van der Waals surface area (Å²) in [6, 6.07) is 58.4. The highest BCUT2D eigenvalue weighted by Gasteiger charge is 2.28. The molecule has 0 spiro atoms. The predicted molar refractivity (Wildman–Crippen MR) is 582 cm³/mol. The molecule has 0 aliphatic carbocycles. The molecule has 0 saturated carbocycles. The number of hydrogen-bond donors (Lipinski definition) is 0. The summed E-state index contributed by atoms with van der Waals surface area (Å²) in [4.78, 5) is 13.1. The lowest BCUT2D eigenvalue weighted by atomic mass is 9.83. The Morgan fingerprint density at radius 2 is 0.527 bits per heavy atom. The van der Waals surface area contributed by atoms with Crippen LogP contribution in [0.3, 0.4) is 0 Å². The number of benzene rings is 10. The zero-order valence-corrected chi connectivity index (χ0v) is 92.9. The van der Waals surface area contributed by atoms with E-state index in [0.29, 0.717) is 0 Å². The maximum absolute atomic E-state index is 6.29. The van der Waals surface area contributed by atoms with Crippen LogP contribution in [0.5, 0.6) is 23.0 Å². The second-order valence-corrected chi connectivity index (χ2v) is 48.7. The van der Waals surface area contributed by atoms with E-state index in [2.05, 4.69) is 407 Å². The summed E-state index contributed by atoms with van der Waals surface area (Å²) in [5.41, 5.74) is 27.9. The first-order chi connectivity index (χ1) is 61.4. The van der Waals surface area contributed by atoms with Gasteiger partial charge >= 0.3 is 0 Å². The molecule has 9 heteroatoms. The summed E-state index contributed by atoms with van der Waals surface area (Å²) in [7, 11) is 0. The maximum Gasteiger partial charge on any atom is 0.125 e. The fraction of sp³-hybridized carbons (Fsp3) is 0.508. The summed E-state index contributed by atoms with van der Waals surface area (Å²) >= 11 is 9.29. The molecule has 0 fully saturated rings. The van der Waals surface area contributed by atoms with Crippen molar-refractivity contribution in [3.63, 3.8) is 0 Å². The van der Waals surface area contributed by atoms with Gasteiger partial charge < -0.3 is 18.9 Å². The van der Waals surface area contributed by atoms with Gasteiger partial charge in [0.2, 0.25) is 0 Å². The third-order valence-electron chi connectivity index (χ3n) is 24.2. The predicted octanol–water partition coefficient (Wildman–Crippen LogP) is 39.1. The minimum atomic E-state index is 0.0428. The van der Waals surface area contributed by atoms with Gasteiger partial charge in [-0.05, 0) is 371 Å². The Labute approximate surface area is 823 Å². The van der Waals surface area contributed by atoms with Crippen LogP contribution in [-0.2, 0) is 32.5 Å². The fourth-order valence-corrected chi connectivity index (χ4v) is 21.3. The number of rotatable bonds is 34. The van der Waals surface area contributed by atoms with E-state index in [1.807, 2.05) is 47.0 Å². The van der Waals surface area contributed by atoms with Gasteiger partial charge in [0.15, 0.2) is 0 Å². The van der Waals surface area contributed by atoms with Gasteiger partial charge in [0.1, 0.15) is 23.0 Å². The molecule has 0 unspecified atom stereocenters. The highest BCUT2D eigenvalue weighted by Crippen LogP contribution is 2.46. The van der Waals surface area contributed by atoms with Gasteiger partial charge in [-0.1, -0.05) is 330 Å². The monoisotopic (exact) mass is 1860 g/mol. The first-order valence-corrected chi connectivity index (χ1v) is 53.5. The van der Waals surface area contributed by atoms with Crippen molar-refractivity contribution in [2.45, 2.75) is 433 Å². The van der Waals surface area contributed by atoms with Crippen LogP contribution in [-0.4, -0.2) is 26.4 Å². The second kappa shape index (κ2) is 53.0. The second-order valence-electron chi connectivity index (χ2n) is 43.0. The van der Waals surface area contributed by atoms with Crippen LogP contribution in [0.15, 0.2) is 207 Å². The van der Waals surface area contributed by atoms with E-state index in [0.717, 1.165) is 75.1 Å². The SMILES string of the molecule is CCCCCCCOc1ccc(Sc2ccc(C)c(C)c2)cc1C.CCCCCCCOc1ccc(Sc2ccc(C)cc2)cc1.CCCCCOc1c(C)cc(Sc2cc(C)c(C)c(C(C)(C)C)c2)cc1C(C)(C)C.CCCCCOc1cc(C)c(Sc2cc(C(C)(C)C)c(C)cc2C)cc1C(C)(C)C.Cc1cc(C)c(C(C)(C)C)cc1Sc1cc(C(C)(C)C)c(C)cc1C. The highest BCUT2D eigenvalue weighted by molar-refractivity contribution is 8.00. The summed E-state index contributed by atoms with van der Waals surface area (Å²) in [5, 5.41) is 0. The minimum absolute atomic E-state index is 0.0428. The standard InChI is InChI=1S/2C28H42OS.C24H34S.C22H30OS.C20H26OS/c1-11-12-13-14-29-26-20(3)16-23(18-25(26)28(8,9)10)30-22-15-19(2)21(4)24(17-22)27(5,6)7;1-11-12-13-14-29-24-16-21(4)26(18-23(24)28(8,9)10)30-25-17-22(27(5,6)7)19(2)15-20(25)3;1-15-11-17(3)21(13-19(15)23(5,6)7)25-22-14-20(24(8,9)10)16(2)12-18(22)4;1-5-6-7-8-9-14-23-22-13-12-21(16-19(22)4)24-20-11-10-17(2)18(3)15-20;1-3-4-5-6-7-16-21-18-10-14-20(15-11-18)22-19-12-8-17(2)9-13-19/h2*15-18H,11-14H2,1-10H3;11-14H,1-10H3;10-13,15-16H,5-9,14H2,1-4H3;8-15H,3-7,16H2,1-2H3. The van der Waals surface area contributed by atoms with E-state index in [1.165, 1.54) is 237 Å². The maximum atomic E-state index is 6.29. The summed E-state index contributed by atoms with van der Waals surface area (Å²) in [6.07, 6.45) is 19.9. The zero-order chi connectivity index (χ0) is 97.5. The van der Waals surface area contributed by atoms with Crippen molar-refractivity contribution in [2.24, 2.45) is 0 Å². The first kappa shape index (κ1) is 113. The van der Waals surface area contributed by atoms with Crippen LogP contribution in [0.1, 0.15) is 366 Å². The quantitative estimate of drug-likeness (QED) is 0.0367. The molecule has 131 heavy (non-hydrogen) atoms. The molecule has 10 aromatic rings. The van der Waals surface area contributed by atoms with Gasteiger partial charge in [0.25, 0.3) is 0 Å². The number of ether oxygens (including phenoxy) is 4. The summed E-state index contributed by atoms with van der Waals surface area (Å²) in [5.74, 6) is 4.13. The molecule has 0 atom stereocenters. The molecule has 0 radical (unpaired) electrons. The lowest BCUT2D eigenvalue weighted by Gasteiger charge is -2.26. The van der Waals surface area contributed by atoms with Crippen LogP contribution in [0, 0.1) is 96.9 Å². The van der Waals surface area contributed by atoms with E-state index in [1.54, 1.807) is 11.8 Å². The molecule has 0 saturated heterocycles. The van der Waals surface area contributed by atoms with Crippen molar-refractivity contribution in [2.75, 3.05) is 26.4 Å². The molecule has 0 aliphatic rings. The smallest absolute Gasteiger partial charge is 0.125 e. The van der Waals surface area contributed by atoms with Gasteiger partial charge in [0, 0.05) is 60.1 Å². The zero-order valence-electron chi connectivity index (χ0n) is 88.8. The Bertz CT molecular complexity index is 5130. The lowest BCUT2D eigenvalue weighted by molar-refractivity contribution is 0.296. The topological polar surface area (TPSA) is 36.9 Å². The van der Waals surface area contributed by atoms with Gasteiger partial charge in [-0.25, -0.2) is 0 Å². The summed E-state index contributed by atoms with van der Waals surface area (Å²) in [6.45, 7) is 84.3. The molecular formula is C122H174O4S5. The van der Waals surface area contributed by atoms with Crippen LogP contribution >= 0.6 is 58.8 Å². The lowest BCUT2D eigenvalue weighted by Crippen LogP contribution is -2.15. The number of hydrogen-bond acceptors (Lipinski definition) is 9. The van der Waals surface area contributed by atoms with E-state index >= 15 is 0 Å². The average molecular weight is 1870 g/mol. The van der Waals surface area contributed by atoms with Gasteiger partial charge in [-0.3, -0.25) is 0 Å². The third kappa shape index (κ3) is 37.6. The third-order valence-corrected chi connectivity index (χ3v) is 29.8. The number of unbranched alkanes of at least 4 members (excludes halogenated alkanes) is 12. The largest absolute Gasteiger partial charge is 0.494 e. The van der Waals surface area contributed by atoms with Gasteiger partial charge in [0.05, 0.1) is 26.4 Å². The Hall–Kier alpha value is -6.85. The normalized spacial score (nSPS) is 11.8. The molecule has 4 nitrogen and oxygen atoms in total. The molecule has 0 aliphatic heterocycles. The molecular weight excluding hydrogens is 1690 g/mol. The van der Waals surface area contributed by atoms with Crippen LogP contribution in [0.2, 0.25) is 0 Å². The van der Waals surface area contributed by atoms with E-state index in [4.69, 9.17) is 18.9 Å². The van der Waals surface area contributed by atoms with Crippen molar-refractivity contribution >= 4 is 58.8 Å². The van der Waals surface area contributed by atoms with E-state index < -0.39 is 0 Å². The Balaban J connectivity index is 0.000000253. The Kier molecular flexibility index (Phi) is 45.7. The molecule has 10 aromatic carbocycles. The van der Waals surface area contributed by atoms with Gasteiger partial charge in [-0.15, -0.1) is 0 Å². The van der Waals surface area contributed by atoms with Crippen molar-refractivity contribution < 1.29 is 18.9 Å². The van der Waals surface area contributed by atoms with Crippen molar-refractivity contribution in [3.8, 4) is 23.0 Å². The van der Waals surface area contributed by atoms with Gasteiger partial charge in [-0.2, -0.15) is 0 Å². The van der Waals surface area contributed by atoms with E-state index in [9.17, 15) is 0 Å². The fourth-order valence-electron chi connectivity index (χ4n) is 16.3. The van der Waals surface area contributed by atoms with Crippen LogP contribution in [0.25, 0.3) is 0 Å². The molecule has 0 N–H and O–H groups in total. The first-order valence-electron chi connectivity index (χ1n) is 49.4. The minimum Gasteiger partial charge on any atom is -0.494 e. The highest BCUT2D eigenvalue weighted by atomic mass is 32.2. The molecule has 0 aromatic heterocycles. The van der Waals surface area contributed by atoms with E-state index in [-0.39, 0.29) is 32.5 Å². The summed E-state index contributed by atoms with van der Waals surface area (Å²) < 4.78 is 24.3. The average Bonchev–Trinajstić information content (AvgIpc) is 0.790. The number of aryl methyl sites for hydroxylation is 13. The Morgan fingerprint density at radius 3 is 0.947 bits per heavy atom. The van der Waals surface area contributed by atoms with Crippen LogP contribution in [0.4, 0.5) is 0 Å². The molecule has 716 valence electrons. The molecule has 0 bridgehead atoms. The molecule has 0 amide bonds. The molecule has 10 rings (SSSR count). The van der Waals surface area contributed by atoms with Crippen molar-refractivity contribution in [1.82, 2.24) is 0 Å². The molecule has 0 heterocycles. The van der Waals surface area contributed by atoms with Crippen molar-refractivity contribution in [1.29, 1.82) is 0 Å². The van der Waals surface area contributed by atoms with Crippen molar-refractivity contribution in [3.05, 3.63) is 269 Å². The Morgan fingerprint density at radius 1 is 0.206 bits per heavy atom. The van der Waals surface area contributed by atoms with Crippen LogP contribution < -0.4 is 18.9 Å².